The first-order chi connectivity index (χ1) is 9.78. The summed E-state index contributed by atoms with van der Waals surface area (Å²) in [5.74, 6) is 1.08. The predicted octanol–water partition coefficient (Wildman–Crippen LogP) is 3.25. The first kappa shape index (κ1) is 13.0. The third-order valence-corrected chi connectivity index (χ3v) is 3.69. The van der Waals surface area contributed by atoms with E-state index in [-0.39, 0.29) is 6.54 Å². The molecule has 1 aliphatic rings. The summed E-state index contributed by atoms with van der Waals surface area (Å²) < 4.78 is 19.1. The zero-order chi connectivity index (χ0) is 13.9. The SMILES string of the molecule is CC(=C1CCCC1)c1nc(-c2cnn(CCF)c2)no1. The standard InChI is InChI=1S/C14H17FN4O/c1-10(11-4-2-3-5-11)14-17-13(18-20-14)12-8-16-19(9-12)7-6-15/h8-9H,2-7H2,1H3. The van der Waals surface area contributed by atoms with E-state index in [1.165, 1.54) is 23.1 Å². The summed E-state index contributed by atoms with van der Waals surface area (Å²) >= 11 is 0. The average molecular weight is 276 g/mol. The summed E-state index contributed by atoms with van der Waals surface area (Å²) in [7, 11) is 0. The Hall–Kier alpha value is -1.98. The summed E-state index contributed by atoms with van der Waals surface area (Å²) in [6, 6.07) is 0. The summed E-state index contributed by atoms with van der Waals surface area (Å²) in [5.41, 5.74) is 3.25. The van der Waals surface area contributed by atoms with Crippen molar-refractivity contribution in [1.82, 2.24) is 19.9 Å². The van der Waals surface area contributed by atoms with E-state index in [4.69, 9.17) is 4.52 Å². The number of rotatable bonds is 4. The maximum Gasteiger partial charge on any atom is 0.253 e. The molecule has 0 aromatic carbocycles. The van der Waals surface area contributed by atoms with E-state index in [0.29, 0.717) is 11.7 Å². The van der Waals surface area contributed by atoms with E-state index in [1.807, 2.05) is 6.92 Å². The minimum atomic E-state index is -0.441. The Labute approximate surface area is 116 Å². The van der Waals surface area contributed by atoms with Crippen LogP contribution in [0.5, 0.6) is 0 Å². The lowest BCUT2D eigenvalue weighted by atomic mass is 10.1. The molecule has 0 N–H and O–H groups in total. The van der Waals surface area contributed by atoms with Crippen LogP contribution in [0.25, 0.3) is 17.0 Å². The Bertz CT molecular complexity index is 621. The maximum atomic E-state index is 12.3. The fourth-order valence-corrected chi connectivity index (χ4v) is 2.51. The van der Waals surface area contributed by atoms with E-state index < -0.39 is 6.67 Å². The van der Waals surface area contributed by atoms with E-state index in [9.17, 15) is 4.39 Å². The molecule has 0 amide bonds. The van der Waals surface area contributed by atoms with Crippen molar-refractivity contribution in [2.75, 3.05) is 6.67 Å². The summed E-state index contributed by atoms with van der Waals surface area (Å²) in [4.78, 5) is 4.42. The van der Waals surface area contributed by atoms with Gasteiger partial charge in [0.1, 0.15) is 6.67 Å². The van der Waals surface area contributed by atoms with Crippen molar-refractivity contribution in [2.45, 2.75) is 39.2 Å². The molecule has 1 aliphatic carbocycles. The van der Waals surface area contributed by atoms with Gasteiger partial charge in [-0.1, -0.05) is 10.7 Å². The second-order valence-electron chi connectivity index (χ2n) is 5.04. The monoisotopic (exact) mass is 276 g/mol. The number of nitrogens with zero attached hydrogens (tertiary/aromatic N) is 4. The van der Waals surface area contributed by atoms with Crippen LogP contribution >= 0.6 is 0 Å². The Morgan fingerprint density at radius 1 is 1.40 bits per heavy atom. The molecule has 0 aliphatic heterocycles. The third-order valence-electron chi connectivity index (χ3n) is 3.69. The Morgan fingerprint density at radius 2 is 2.20 bits per heavy atom. The van der Waals surface area contributed by atoms with Gasteiger partial charge in [-0.2, -0.15) is 10.1 Å². The first-order valence-corrected chi connectivity index (χ1v) is 6.89. The molecule has 106 valence electrons. The second-order valence-corrected chi connectivity index (χ2v) is 5.04. The largest absolute Gasteiger partial charge is 0.334 e. The number of halogens is 1. The fourth-order valence-electron chi connectivity index (χ4n) is 2.51. The quantitative estimate of drug-likeness (QED) is 0.860. The zero-order valence-electron chi connectivity index (χ0n) is 11.5. The highest BCUT2D eigenvalue weighted by Gasteiger charge is 2.17. The molecule has 0 saturated heterocycles. The van der Waals surface area contributed by atoms with E-state index >= 15 is 0 Å². The summed E-state index contributed by atoms with van der Waals surface area (Å²) in [6.45, 7) is 1.84. The first-order valence-electron chi connectivity index (χ1n) is 6.89. The highest BCUT2D eigenvalue weighted by Crippen LogP contribution is 2.31. The van der Waals surface area contributed by atoms with Crippen LogP contribution in [0.4, 0.5) is 4.39 Å². The molecule has 2 heterocycles. The van der Waals surface area contributed by atoms with E-state index in [1.54, 1.807) is 12.4 Å². The third kappa shape index (κ3) is 2.50. The van der Waals surface area contributed by atoms with Gasteiger partial charge in [0.2, 0.25) is 5.82 Å². The molecular formula is C14H17FN4O. The van der Waals surface area contributed by atoms with Crippen molar-refractivity contribution < 1.29 is 8.91 Å². The molecule has 6 heteroatoms. The number of hydrogen-bond acceptors (Lipinski definition) is 4. The van der Waals surface area contributed by atoms with Crippen molar-refractivity contribution in [3.63, 3.8) is 0 Å². The van der Waals surface area contributed by atoms with Crippen molar-refractivity contribution in [1.29, 1.82) is 0 Å². The van der Waals surface area contributed by atoms with Gasteiger partial charge in [-0.25, -0.2) is 4.39 Å². The van der Waals surface area contributed by atoms with Crippen LogP contribution in [0.2, 0.25) is 0 Å². The number of alkyl halides is 1. The van der Waals surface area contributed by atoms with Gasteiger partial charge in [-0.3, -0.25) is 4.68 Å². The highest BCUT2D eigenvalue weighted by molar-refractivity contribution is 5.63. The Morgan fingerprint density at radius 3 is 2.95 bits per heavy atom. The Kier molecular flexibility index (Phi) is 3.62. The van der Waals surface area contributed by atoms with Crippen molar-refractivity contribution in [3.8, 4) is 11.4 Å². The van der Waals surface area contributed by atoms with Gasteiger partial charge in [0.05, 0.1) is 18.3 Å². The van der Waals surface area contributed by atoms with Crippen LogP contribution in [0, 0.1) is 0 Å². The maximum absolute atomic E-state index is 12.3. The van der Waals surface area contributed by atoms with Crippen LogP contribution in [0.1, 0.15) is 38.5 Å². The molecule has 1 fully saturated rings. The van der Waals surface area contributed by atoms with Gasteiger partial charge in [-0.15, -0.1) is 0 Å². The normalized spacial score (nSPS) is 15.0. The van der Waals surface area contributed by atoms with Gasteiger partial charge in [0, 0.05) is 11.8 Å². The molecule has 0 bridgehead atoms. The minimum absolute atomic E-state index is 0.244. The number of allylic oxidation sites excluding steroid dienone is 2. The predicted molar refractivity (Wildman–Crippen MR) is 72.6 cm³/mol. The Balaban J connectivity index is 1.84. The zero-order valence-corrected chi connectivity index (χ0v) is 11.5. The molecule has 0 atom stereocenters. The van der Waals surface area contributed by atoms with Gasteiger partial charge in [-0.05, 0) is 32.6 Å². The lowest BCUT2D eigenvalue weighted by Gasteiger charge is -1.99. The van der Waals surface area contributed by atoms with Crippen LogP contribution < -0.4 is 0 Å². The van der Waals surface area contributed by atoms with Gasteiger partial charge in [0.25, 0.3) is 5.89 Å². The van der Waals surface area contributed by atoms with Crippen LogP contribution in [0.3, 0.4) is 0 Å². The molecule has 1 saturated carbocycles. The molecule has 3 rings (SSSR count). The molecule has 20 heavy (non-hydrogen) atoms. The summed E-state index contributed by atoms with van der Waals surface area (Å²) in [6.07, 6.45) is 8.08. The average Bonchev–Trinajstić information content (AvgIpc) is 3.19. The molecule has 0 spiro atoms. The number of aryl methyl sites for hydroxylation is 1. The van der Waals surface area contributed by atoms with Gasteiger partial charge < -0.3 is 4.52 Å². The van der Waals surface area contributed by atoms with Crippen LogP contribution in [0.15, 0.2) is 22.5 Å². The van der Waals surface area contributed by atoms with Gasteiger partial charge in [0.15, 0.2) is 0 Å². The lowest BCUT2D eigenvalue weighted by Crippen LogP contribution is -1.98. The lowest BCUT2D eigenvalue weighted by molar-refractivity contribution is 0.407. The second kappa shape index (κ2) is 5.56. The molecule has 2 aromatic rings. The molecule has 0 radical (unpaired) electrons. The molecular weight excluding hydrogens is 259 g/mol. The topological polar surface area (TPSA) is 56.7 Å². The number of aromatic nitrogens is 4. The smallest absolute Gasteiger partial charge is 0.253 e. The van der Waals surface area contributed by atoms with E-state index in [0.717, 1.165) is 24.0 Å². The highest BCUT2D eigenvalue weighted by atomic mass is 19.1. The fraction of sp³-hybridized carbons (Fsp3) is 0.500. The molecule has 5 nitrogen and oxygen atoms in total. The van der Waals surface area contributed by atoms with E-state index in [2.05, 4.69) is 15.2 Å². The molecule has 2 aromatic heterocycles. The van der Waals surface area contributed by atoms with Crippen LogP contribution in [-0.2, 0) is 6.54 Å². The van der Waals surface area contributed by atoms with Gasteiger partial charge >= 0.3 is 0 Å². The number of hydrogen-bond donors (Lipinski definition) is 0. The minimum Gasteiger partial charge on any atom is -0.334 e. The van der Waals surface area contributed by atoms with Crippen molar-refractivity contribution in [3.05, 3.63) is 23.9 Å². The van der Waals surface area contributed by atoms with Crippen LogP contribution in [-0.4, -0.2) is 26.6 Å². The molecule has 0 unspecified atom stereocenters. The summed E-state index contributed by atoms with van der Waals surface area (Å²) in [5, 5.41) is 8.04. The van der Waals surface area contributed by atoms with Crippen molar-refractivity contribution in [2.24, 2.45) is 0 Å². The van der Waals surface area contributed by atoms with Crippen molar-refractivity contribution >= 4 is 5.57 Å².